The first-order valence-electron chi connectivity index (χ1n) is 10.4. The Balaban J connectivity index is 1.36. The van der Waals surface area contributed by atoms with Gasteiger partial charge < -0.3 is 14.5 Å². The van der Waals surface area contributed by atoms with Crippen molar-refractivity contribution in [1.29, 1.82) is 0 Å². The lowest BCUT2D eigenvalue weighted by molar-refractivity contribution is -0.129. The lowest BCUT2D eigenvalue weighted by Crippen LogP contribution is -2.42. The summed E-state index contributed by atoms with van der Waals surface area (Å²) < 4.78 is 34.0. The van der Waals surface area contributed by atoms with Crippen molar-refractivity contribution in [3.63, 3.8) is 0 Å². The number of ether oxygens (including phenoxy) is 1. The van der Waals surface area contributed by atoms with E-state index in [2.05, 4.69) is 15.5 Å². The minimum absolute atomic E-state index is 0.0466. The van der Waals surface area contributed by atoms with Gasteiger partial charge in [-0.05, 0) is 56.7 Å². The van der Waals surface area contributed by atoms with E-state index < -0.39 is 33.9 Å². The molecule has 0 spiro atoms. The quantitative estimate of drug-likeness (QED) is 0.546. The zero-order chi connectivity index (χ0) is 23.6. The first-order chi connectivity index (χ1) is 15.7. The molecule has 1 N–H and O–H groups in total. The minimum atomic E-state index is -3.12. The van der Waals surface area contributed by atoms with Crippen LogP contribution in [0.25, 0.3) is 22.9 Å². The number of amides is 1. The Morgan fingerprint density at radius 1 is 1.03 bits per heavy atom. The van der Waals surface area contributed by atoms with Crippen LogP contribution in [0.15, 0.2) is 52.9 Å². The second-order valence-electron chi connectivity index (χ2n) is 8.01. The average Bonchev–Trinajstić information content (AvgIpc) is 3.41. The van der Waals surface area contributed by atoms with Crippen LogP contribution in [0.5, 0.6) is 0 Å². The summed E-state index contributed by atoms with van der Waals surface area (Å²) in [6.45, 7) is 3.43. The highest BCUT2D eigenvalue weighted by Gasteiger charge is 2.30. The fourth-order valence-corrected chi connectivity index (χ4v) is 5.08. The molecule has 0 bridgehead atoms. The summed E-state index contributed by atoms with van der Waals surface area (Å²) in [5, 5.41) is 10.7. The number of carbonyl (C=O) groups is 2. The summed E-state index contributed by atoms with van der Waals surface area (Å²) >= 11 is 0. The zero-order valence-electron chi connectivity index (χ0n) is 18.1. The maximum Gasteiger partial charge on any atom is 0.338 e. The van der Waals surface area contributed by atoms with Crippen molar-refractivity contribution in [1.82, 2.24) is 15.5 Å². The molecule has 1 amide bonds. The van der Waals surface area contributed by atoms with Crippen molar-refractivity contribution in [2.24, 2.45) is 0 Å². The molecule has 172 valence electrons. The SMILES string of the molecule is Cc1ccc(-c2nnc(-c3ccc(C(=O)O[C@H](C)C(=O)N[C@H]4CCS(=O)(=O)C4)cc3)o2)cc1. The van der Waals surface area contributed by atoms with Gasteiger partial charge in [-0.2, -0.15) is 0 Å². The van der Waals surface area contributed by atoms with Gasteiger partial charge >= 0.3 is 5.97 Å². The second kappa shape index (κ2) is 9.14. The van der Waals surface area contributed by atoms with Gasteiger partial charge in [0.2, 0.25) is 11.8 Å². The van der Waals surface area contributed by atoms with Crippen LogP contribution in [0.3, 0.4) is 0 Å². The Kier molecular flexibility index (Phi) is 6.28. The van der Waals surface area contributed by atoms with E-state index in [-0.39, 0.29) is 17.1 Å². The summed E-state index contributed by atoms with van der Waals surface area (Å²) in [6.07, 6.45) is -0.703. The van der Waals surface area contributed by atoms with Crippen LogP contribution in [0.4, 0.5) is 0 Å². The monoisotopic (exact) mass is 469 g/mol. The van der Waals surface area contributed by atoms with Crippen LogP contribution in [-0.4, -0.2) is 54.1 Å². The number of aryl methyl sites for hydroxylation is 1. The number of nitrogens with zero attached hydrogens (tertiary/aromatic N) is 2. The van der Waals surface area contributed by atoms with E-state index in [1.165, 1.54) is 6.92 Å². The molecule has 9 nitrogen and oxygen atoms in total. The molecule has 4 rings (SSSR count). The third-order valence-electron chi connectivity index (χ3n) is 5.32. The number of hydrogen-bond acceptors (Lipinski definition) is 8. The molecule has 1 fully saturated rings. The van der Waals surface area contributed by atoms with Crippen molar-refractivity contribution in [2.75, 3.05) is 11.5 Å². The Bertz CT molecular complexity index is 1270. The second-order valence-corrected chi connectivity index (χ2v) is 10.2. The van der Waals surface area contributed by atoms with Crippen molar-refractivity contribution < 1.29 is 27.2 Å². The van der Waals surface area contributed by atoms with E-state index in [0.717, 1.165) is 11.1 Å². The molecule has 33 heavy (non-hydrogen) atoms. The fraction of sp³-hybridized carbons (Fsp3) is 0.304. The third-order valence-corrected chi connectivity index (χ3v) is 7.09. The standard InChI is InChI=1S/C23H23N3O6S/c1-14-3-5-16(6-4-14)21-25-26-22(32-21)17-7-9-18(10-8-17)23(28)31-15(2)20(27)24-19-11-12-33(29,30)13-19/h3-10,15,19H,11-13H2,1-2H3,(H,24,27)/t15-,19+/m1/s1. The summed E-state index contributed by atoms with van der Waals surface area (Å²) in [7, 11) is -3.12. The van der Waals surface area contributed by atoms with Crippen molar-refractivity contribution in [2.45, 2.75) is 32.4 Å². The highest BCUT2D eigenvalue weighted by Crippen LogP contribution is 2.24. The largest absolute Gasteiger partial charge is 0.449 e. The van der Waals surface area contributed by atoms with Gasteiger partial charge in [0.1, 0.15) is 0 Å². The predicted molar refractivity (Wildman–Crippen MR) is 120 cm³/mol. The molecular weight excluding hydrogens is 446 g/mol. The Hall–Kier alpha value is -3.53. The minimum Gasteiger partial charge on any atom is -0.449 e. The number of hydrogen-bond donors (Lipinski definition) is 1. The smallest absolute Gasteiger partial charge is 0.338 e. The highest BCUT2D eigenvalue weighted by molar-refractivity contribution is 7.91. The van der Waals surface area contributed by atoms with Gasteiger partial charge in [0.25, 0.3) is 5.91 Å². The summed E-state index contributed by atoms with van der Waals surface area (Å²) in [4.78, 5) is 24.7. The molecule has 10 heteroatoms. The lowest BCUT2D eigenvalue weighted by Gasteiger charge is -2.16. The normalized spacial score (nSPS) is 17.9. The van der Waals surface area contributed by atoms with Gasteiger partial charge in [-0.3, -0.25) is 4.79 Å². The van der Waals surface area contributed by atoms with E-state index in [1.54, 1.807) is 24.3 Å². The van der Waals surface area contributed by atoms with Crippen molar-refractivity contribution in [3.8, 4) is 22.9 Å². The molecule has 3 aromatic rings. The number of nitrogens with one attached hydrogen (secondary N) is 1. The van der Waals surface area contributed by atoms with E-state index in [0.29, 0.717) is 23.8 Å². The number of rotatable bonds is 6. The molecule has 0 radical (unpaired) electrons. The van der Waals surface area contributed by atoms with E-state index in [9.17, 15) is 18.0 Å². The average molecular weight is 470 g/mol. The van der Waals surface area contributed by atoms with Crippen LogP contribution in [0.1, 0.15) is 29.3 Å². The maximum absolute atomic E-state index is 12.4. The number of aromatic nitrogens is 2. The number of esters is 1. The lowest BCUT2D eigenvalue weighted by atomic mass is 10.1. The molecule has 0 saturated carbocycles. The zero-order valence-corrected chi connectivity index (χ0v) is 19.0. The van der Waals surface area contributed by atoms with Crippen LogP contribution in [0, 0.1) is 6.92 Å². The van der Waals surface area contributed by atoms with Gasteiger partial charge in [-0.15, -0.1) is 10.2 Å². The topological polar surface area (TPSA) is 128 Å². The number of carbonyl (C=O) groups excluding carboxylic acids is 2. The molecule has 1 aromatic heterocycles. The molecule has 0 aliphatic carbocycles. The van der Waals surface area contributed by atoms with Crippen LogP contribution in [-0.2, 0) is 19.4 Å². The fourth-order valence-electron chi connectivity index (χ4n) is 3.41. The van der Waals surface area contributed by atoms with Gasteiger partial charge in [0, 0.05) is 17.2 Å². The summed E-state index contributed by atoms with van der Waals surface area (Å²) in [5.41, 5.74) is 2.81. The Morgan fingerprint density at radius 2 is 1.61 bits per heavy atom. The van der Waals surface area contributed by atoms with Crippen molar-refractivity contribution in [3.05, 3.63) is 59.7 Å². The molecule has 1 aliphatic heterocycles. The predicted octanol–water partition coefficient (Wildman–Crippen LogP) is 2.56. The Labute approximate surface area is 191 Å². The highest BCUT2D eigenvalue weighted by atomic mass is 32.2. The molecule has 2 atom stereocenters. The van der Waals surface area contributed by atoms with Crippen molar-refractivity contribution >= 4 is 21.7 Å². The van der Waals surface area contributed by atoms with E-state index in [1.807, 2.05) is 31.2 Å². The maximum atomic E-state index is 12.4. The first kappa shape index (κ1) is 22.7. The van der Waals surface area contributed by atoms with E-state index in [4.69, 9.17) is 9.15 Å². The molecule has 2 heterocycles. The summed E-state index contributed by atoms with van der Waals surface area (Å²) in [5.74, 6) is -0.550. The van der Waals surface area contributed by atoms with Gasteiger partial charge in [0.05, 0.1) is 17.1 Å². The number of sulfone groups is 1. The Morgan fingerprint density at radius 3 is 2.15 bits per heavy atom. The van der Waals surface area contributed by atoms with E-state index >= 15 is 0 Å². The molecule has 0 unspecified atom stereocenters. The molecule has 2 aromatic carbocycles. The first-order valence-corrected chi connectivity index (χ1v) is 12.2. The third kappa shape index (κ3) is 5.46. The number of benzene rings is 2. The van der Waals surface area contributed by atoms with Gasteiger partial charge in [0.15, 0.2) is 15.9 Å². The molecule has 1 saturated heterocycles. The van der Waals surface area contributed by atoms with Crippen LogP contribution < -0.4 is 5.32 Å². The van der Waals surface area contributed by atoms with Crippen LogP contribution in [0.2, 0.25) is 0 Å². The van der Waals surface area contributed by atoms with Gasteiger partial charge in [-0.1, -0.05) is 17.7 Å². The summed E-state index contributed by atoms with van der Waals surface area (Å²) in [6, 6.07) is 13.6. The molecule has 1 aliphatic rings. The molecular formula is C23H23N3O6S. The van der Waals surface area contributed by atoms with Gasteiger partial charge in [-0.25, -0.2) is 13.2 Å². The van der Waals surface area contributed by atoms with Crippen LogP contribution >= 0.6 is 0 Å².